The summed E-state index contributed by atoms with van der Waals surface area (Å²) in [5, 5.41) is 3.43. The first-order chi connectivity index (χ1) is 4.93. The highest BCUT2D eigenvalue weighted by Gasteiger charge is 2.43. The molecule has 1 aliphatic heterocycles. The number of fused-ring (bicyclic) bond motifs is 2. The maximum absolute atomic E-state index is 3.43. The van der Waals surface area contributed by atoms with E-state index in [9.17, 15) is 0 Å². The van der Waals surface area contributed by atoms with Gasteiger partial charge in [0.1, 0.15) is 0 Å². The van der Waals surface area contributed by atoms with Gasteiger partial charge in [0.15, 0.2) is 0 Å². The molecule has 1 nitrogen and oxygen atoms in total. The SMILES string of the molecule is C1=CC2CC1CC2C1CN1. The van der Waals surface area contributed by atoms with Gasteiger partial charge in [-0.05, 0) is 30.6 Å². The van der Waals surface area contributed by atoms with E-state index < -0.39 is 0 Å². The molecule has 4 atom stereocenters. The van der Waals surface area contributed by atoms with E-state index in [4.69, 9.17) is 0 Å². The monoisotopic (exact) mass is 135 g/mol. The highest BCUT2D eigenvalue weighted by atomic mass is 15.1. The number of nitrogens with one attached hydrogen (secondary N) is 1. The Bertz CT molecular complexity index is 181. The molecule has 0 spiro atoms. The van der Waals surface area contributed by atoms with E-state index in [2.05, 4.69) is 17.5 Å². The van der Waals surface area contributed by atoms with Gasteiger partial charge < -0.3 is 5.32 Å². The lowest BCUT2D eigenvalue weighted by molar-refractivity contribution is 0.439. The van der Waals surface area contributed by atoms with Crippen LogP contribution in [0, 0.1) is 17.8 Å². The van der Waals surface area contributed by atoms with Crippen molar-refractivity contribution in [2.24, 2.45) is 17.8 Å². The zero-order valence-corrected chi connectivity index (χ0v) is 6.09. The fourth-order valence-corrected chi connectivity index (χ4v) is 2.66. The number of hydrogen-bond acceptors (Lipinski definition) is 1. The standard InChI is InChI=1S/C9H13N/c1-2-7-3-6(1)4-8(7)9-5-10-9/h1-2,6-10H,3-5H2. The van der Waals surface area contributed by atoms with Crippen LogP contribution in [0.4, 0.5) is 0 Å². The molecule has 2 aliphatic carbocycles. The van der Waals surface area contributed by atoms with Crippen molar-refractivity contribution >= 4 is 0 Å². The molecule has 0 radical (unpaired) electrons. The van der Waals surface area contributed by atoms with Crippen molar-refractivity contribution in [3.05, 3.63) is 12.2 Å². The van der Waals surface area contributed by atoms with Gasteiger partial charge in [0.05, 0.1) is 0 Å². The summed E-state index contributed by atoms with van der Waals surface area (Å²) in [5.74, 6) is 2.91. The molecule has 0 aromatic carbocycles. The Kier molecular flexibility index (Phi) is 0.883. The lowest BCUT2D eigenvalue weighted by atomic mass is 9.91. The Hall–Kier alpha value is -0.300. The van der Waals surface area contributed by atoms with Crippen molar-refractivity contribution in [1.29, 1.82) is 0 Å². The maximum Gasteiger partial charge on any atom is 0.0227 e. The molecule has 1 saturated carbocycles. The van der Waals surface area contributed by atoms with Crippen LogP contribution in [-0.2, 0) is 0 Å². The van der Waals surface area contributed by atoms with E-state index in [1.54, 1.807) is 0 Å². The van der Waals surface area contributed by atoms with Gasteiger partial charge in [-0.1, -0.05) is 12.2 Å². The molecule has 3 rings (SSSR count). The summed E-state index contributed by atoms with van der Waals surface area (Å²) in [5.41, 5.74) is 0. The van der Waals surface area contributed by atoms with Gasteiger partial charge in [0, 0.05) is 12.6 Å². The van der Waals surface area contributed by atoms with Crippen LogP contribution in [0.3, 0.4) is 0 Å². The first-order valence-electron chi connectivity index (χ1n) is 4.35. The lowest BCUT2D eigenvalue weighted by Crippen LogP contribution is -2.15. The van der Waals surface area contributed by atoms with Crippen LogP contribution >= 0.6 is 0 Å². The van der Waals surface area contributed by atoms with Gasteiger partial charge in [0.2, 0.25) is 0 Å². The molecule has 2 fully saturated rings. The summed E-state index contributed by atoms with van der Waals surface area (Å²) in [6.07, 6.45) is 7.80. The molecule has 0 aromatic rings. The fraction of sp³-hybridized carbons (Fsp3) is 0.778. The first kappa shape index (κ1) is 5.36. The quantitative estimate of drug-likeness (QED) is 0.423. The minimum atomic E-state index is 0.903. The Morgan fingerprint density at radius 3 is 2.60 bits per heavy atom. The minimum absolute atomic E-state index is 0.903. The number of allylic oxidation sites excluding steroid dienone is 2. The summed E-state index contributed by atoms with van der Waals surface area (Å²) in [4.78, 5) is 0. The lowest BCUT2D eigenvalue weighted by Gasteiger charge is -2.15. The molecule has 1 N–H and O–H groups in total. The molecule has 2 bridgehead atoms. The predicted molar refractivity (Wildman–Crippen MR) is 40.6 cm³/mol. The molecule has 4 unspecified atom stereocenters. The van der Waals surface area contributed by atoms with Gasteiger partial charge in [-0.25, -0.2) is 0 Å². The van der Waals surface area contributed by atoms with Gasteiger partial charge in [-0.2, -0.15) is 0 Å². The van der Waals surface area contributed by atoms with Gasteiger partial charge in [-0.3, -0.25) is 0 Å². The highest BCUT2D eigenvalue weighted by Crippen LogP contribution is 2.46. The molecular formula is C9H13N. The summed E-state index contributed by atoms with van der Waals surface area (Å²) in [7, 11) is 0. The Labute approximate surface area is 61.5 Å². The third-order valence-electron chi connectivity index (χ3n) is 3.29. The Morgan fingerprint density at radius 2 is 2.10 bits per heavy atom. The largest absolute Gasteiger partial charge is 0.311 e. The van der Waals surface area contributed by atoms with E-state index >= 15 is 0 Å². The second kappa shape index (κ2) is 1.65. The Morgan fingerprint density at radius 1 is 1.20 bits per heavy atom. The molecule has 1 heteroatoms. The molecule has 1 saturated heterocycles. The highest BCUT2D eigenvalue weighted by molar-refractivity contribution is 5.14. The van der Waals surface area contributed by atoms with Crippen LogP contribution in [0.2, 0.25) is 0 Å². The van der Waals surface area contributed by atoms with E-state index in [-0.39, 0.29) is 0 Å². The minimum Gasteiger partial charge on any atom is -0.311 e. The van der Waals surface area contributed by atoms with E-state index in [0.717, 1.165) is 23.8 Å². The zero-order chi connectivity index (χ0) is 6.55. The maximum atomic E-state index is 3.43. The topological polar surface area (TPSA) is 21.9 Å². The average Bonchev–Trinajstić information content (AvgIpc) is 2.60. The third-order valence-corrected chi connectivity index (χ3v) is 3.29. The van der Waals surface area contributed by atoms with Crippen molar-refractivity contribution in [1.82, 2.24) is 5.32 Å². The van der Waals surface area contributed by atoms with Crippen LogP contribution < -0.4 is 5.32 Å². The average molecular weight is 135 g/mol. The molecule has 0 amide bonds. The van der Waals surface area contributed by atoms with E-state index in [1.807, 2.05) is 0 Å². The van der Waals surface area contributed by atoms with Crippen molar-refractivity contribution in [2.45, 2.75) is 18.9 Å². The third kappa shape index (κ3) is 0.615. The Balaban J connectivity index is 1.83. The second-order valence-corrected chi connectivity index (χ2v) is 3.96. The summed E-state index contributed by atoms with van der Waals surface area (Å²) >= 11 is 0. The summed E-state index contributed by atoms with van der Waals surface area (Å²) in [6.45, 7) is 1.29. The molecule has 3 aliphatic rings. The van der Waals surface area contributed by atoms with Crippen molar-refractivity contribution in [3.63, 3.8) is 0 Å². The molecular weight excluding hydrogens is 122 g/mol. The molecule has 54 valence electrons. The van der Waals surface area contributed by atoms with Crippen LogP contribution in [0.25, 0.3) is 0 Å². The van der Waals surface area contributed by atoms with Crippen LogP contribution in [0.15, 0.2) is 12.2 Å². The second-order valence-electron chi connectivity index (χ2n) is 3.96. The first-order valence-corrected chi connectivity index (χ1v) is 4.35. The van der Waals surface area contributed by atoms with Gasteiger partial charge >= 0.3 is 0 Å². The number of hydrogen-bond donors (Lipinski definition) is 1. The van der Waals surface area contributed by atoms with Crippen molar-refractivity contribution < 1.29 is 0 Å². The van der Waals surface area contributed by atoms with E-state index in [1.165, 1.54) is 19.4 Å². The summed E-state index contributed by atoms with van der Waals surface area (Å²) < 4.78 is 0. The van der Waals surface area contributed by atoms with Crippen LogP contribution in [-0.4, -0.2) is 12.6 Å². The van der Waals surface area contributed by atoms with Crippen LogP contribution in [0.5, 0.6) is 0 Å². The van der Waals surface area contributed by atoms with Crippen molar-refractivity contribution in [3.8, 4) is 0 Å². The summed E-state index contributed by atoms with van der Waals surface area (Å²) in [6, 6.07) is 0.903. The normalized spacial score (nSPS) is 56.0. The van der Waals surface area contributed by atoms with E-state index in [0.29, 0.717) is 0 Å². The number of rotatable bonds is 1. The fourth-order valence-electron chi connectivity index (χ4n) is 2.66. The smallest absolute Gasteiger partial charge is 0.0227 e. The molecule has 0 aromatic heterocycles. The van der Waals surface area contributed by atoms with Crippen molar-refractivity contribution in [2.75, 3.05) is 6.54 Å². The van der Waals surface area contributed by atoms with Crippen LogP contribution in [0.1, 0.15) is 12.8 Å². The molecule has 10 heavy (non-hydrogen) atoms. The van der Waals surface area contributed by atoms with Gasteiger partial charge in [0.25, 0.3) is 0 Å². The predicted octanol–water partition coefficient (Wildman–Crippen LogP) is 1.17. The molecule has 1 heterocycles. The van der Waals surface area contributed by atoms with Gasteiger partial charge in [-0.15, -0.1) is 0 Å². The zero-order valence-electron chi connectivity index (χ0n) is 6.09.